The van der Waals surface area contributed by atoms with Gasteiger partial charge in [0, 0.05) is 13.3 Å². The highest BCUT2D eigenvalue weighted by Crippen LogP contribution is 2.30. The van der Waals surface area contributed by atoms with E-state index in [1.807, 2.05) is 31.2 Å². The Morgan fingerprint density at radius 1 is 1.22 bits per heavy atom. The number of carbonyl (C=O) groups excluding carboxylic acids is 1. The number of nitrogens with two attached hydrogens (primary N) is 2. The highest BCUT2D eigenvalue weighted by molar-refractivity contribution is 7.99. The van der Waals surface area contributed by atoms with Gasteiger partial charge in [0.05, 0.1) is 12.3 Å². The summed E-state index contributed by atoms with van der Waals surface area (Å²) in [5, 5.41) is 14.9. The van der Waals surface area contributed by atoms with E-state index in [-0.39, 0.29) is 18.4 Å². The number of carboxylic acid groups (broad SMARTS) is 1. The van der Waals surface area contributed by atoms with Gasteiger partial charge >= 0.3 is 5.97 Å². The fourth-order valence-electron chi connectivity index (χ4n) is 1.91. The Hall–Kier alpha value is -3.03. The lowest BCUT2D eigenvalue weighted by Gasteiger charge is -2.05. The van der Waals surface area contributed by atoms with E-state index in [4.69, 9.17) is 26.1 Å². The fourth-order valence-corrected chi connectivity index (χ4v) is 3.76. The van der Waals surface area contributed by atoms with Crippen LogP contribution in [0.4, 0.5) is 5.13 Å². The molecule has 1 amide bonds. The highest BCUT2D eigenvalue weighted by Gasteiger charge is 2.09. The number of amides is 1. The molecule has 0 atom stereocenters. The van der Waals surface area contributed by atoms with E-state index in [1.165, 1.54) is 35.8 Å². The van der Waals surface area contributed by atoms with Crippen molar-refractivity contribution >= 4 is 46.3 Å². The number of hydrogen-bond acceptors (Lipinski definition) is 9. The number of anilines is 1. The monoisotopic (exact) mass is 484 g/mol. The van der Waals surface area contributed by atoms with Crippen molar-refractivity contribution in [1.82, 2.24) is 9.71 Å². The molecule has 0 aliphatic carbocycles. The maximum atomic E-state index is 10.8. The number of aliphatic carboxylic acids is 1. The van der Waals surface area contributed by atoms with E-state index in [0.717, 1.165) is 22.1 Å². The molecule has 2 rings (SSSR count). The first-order valence-electron chi connectivity index (χ1n) is 9.44. The Balaban J connectivity index is 0.000000320. The Kier molecular flexibility index (Phi) is 12.6. The lowest BCUT2D eigenvalue weighted by molar-refractivity contribution is -0.135. The Bertz CT molecular complexity index is 885. The number of rotatable bonds is 11. The zero-order valence-electron chi connectivity index (χ0n) is 18.1. The summed E-state index contributed by atoms with van der Waals surface area (Å²) in [6.45, 7) is 6.12. The van der Waals surface area contributed by atoms with Gasteiger partial charge in [0.15, 0.2) is 5.13 Å². The van der Waals surface area contributed by atoms with Crippen LogP contribution >= 0.6 is 23.3 Å². The van der Waals surface area contributed by atoms with Gasteiger partial charge in [-0.2, -0.15) is 0 Å². The normalized spacial score (nSPS) is 9.84. The van der Waals surface area contributed by atoms with Crippen LogP contribution in [-0.2, 0) is 14.4 Å². The molecule has 0 aliphatic heterocycles. The topological polar surface area (TPSA) is 174 Å². The van der Waals surface area contributed by atoms with Gasteiger partial charge in [-0.1, -0.05) is 29.0 Å². The summed E-state index contributed by atoms with van der Waals surface area (Å²) in [5.74, 6) is -0.313. The third-order valence-electron chi connectivity index (χ3n) is 3.26. The fraction of sp³-hybridized carbons (Fsp3) is 0.368. The van der Waals surface area contributed by atoms with Gasteiger partial charge in [0.25, 0.3) is 0 Å². The zero-order valence-corrected chi connectivity index (χ0v) is 19.7. The van der Waals surface area contributed by atoms with Crippen LogP contribution in [0.3, 0.4) is 0 Å². The van der Waals surface area contributed by atoms with Crippen molar-refractivity contribution in [2.75, 3.05) is 25.1 Å². The molecule has 1 heterocycles. The number of aryl methyl sites for hydroxylation is 2. The maximum Gasteiger partial charge on any atom is 0.318 e. The summed E-state index contributed by atoms with van der Waals surface area (Å²) in [7, 11) is 0. The van der Waals surface area contributed by atoms with Crippen LogP contribution in [0.2, 0.25) is 0 Å². The van der Waals surface area contributed by atoms with E-state index in [2.05, 4.69) is 20.2 Å². The van der Waals surface area contributed by atoms with Crippen molar-refractivity contribution in [2.24, 2.45) is 16.6 Å². The first-order valence-corrected chi connectivity index (χ1v) is 11.1. The molecule has 0 saturated carbocycles. The first-order chi connectivity index (χ1) is 15.2. The molecular weight excluding hydrogens is 456 g/mol. The number of hydrogen-bond donors (Lipinski definition) is 5. The lowest BCUT2D eigenvalue weighted by Crippen LogP contribution is -2.23. The van der Waals surface area contributed by atoms with Crippen molar-refractivity contribution < 1.29 is 24.3 Å². The number of oxime groups is 1. The van der Waals surface area contributed by atoms with Crippen LogP contribution in [-0.4, -0.2) is 47.7 Å². The maximum absolute atomic E-state index is 10.8. The van der Waals surface area contributed by atoms with Gasteiger partial charge in [-0.15, -0.1) is 0 Å². The molecule has 11 nitrogen and oxygen atoms in total. The van der Waals surface area contributed by atoms with Crippen molar-refractivity contribution in [3.63, 3.8) is 0 Å². The van der Waals surface area contributed by atoms with Gasteiger partial charge < -0.3 is 31.5 Å². The quantitative estimate of drug-likeness (QED) is 0.104. The van der Waals surface area contributed by atoms with Crippen LogP contribution in [0.1, 0.15) is 24.6 Å². The largest absolute Gasteiger partial charge is 0.493 e. The lowest BCUT2D eigenvalue weighted by atomic mass is 10.2. The standard InChI is InChI=1S/C11H17N3O2.C8H11N3O3S2/c1-9-3-5-10(6-4-9)15-7-2-8-16-14-11(12)13;1-4-7(16-9-3-6(13)14)15-8(10-4)11-5(2)12/h3-6H,2,7-8H2,1H3,(H4,12,13,14);9H,3H2,1-2H3,(H,13,14)(H,10,11,12). The third kappa shape index (κ3) is 12.6. The molecular formula is C19H28N6O5S2. The number of nitrogens with one attached hydrogen (secondary N) is 2. The Morgan fingerprint density at radius 3 is 2.50 bits per heavy atom. The molecule has 0 radical (unpaired) electrons. The second kappa shape index (κ2) is 14.9. The van der Waals surface area contributed by atoms with Crippen LogP contribution in [0.25, 0.3) is 0 Å². The molecule has 0 saturated heterocycles. The number of ether oxygens (including phenoxy) is 1. The molecule has 0 spiro atoms. The number of benzene rings is 1. The van der Waals surface area contributed by atoms with Crippen molar-refractivity contribution in [2.45, 2.75) is 31.4 Å². The van der Waals surface area contributed by atoms with Gasteiger partial charge in [0.2, 0.25) is 11.9 Å². The molecule has 176 valence electrons. The second-order valence-electron chi connectivity index (χ2n) is 6.25. The minimum absolute atomic E-state index is 0.0700. The predicted octanol–water partition coefficient (Wildman–Crippen LogP) is 2.06. The number of guanidine groups is 1. The average molecular weight is 485 g/mol. The summed E-state index contributed by atoms with van der Waals surface area (Å²) >= 11 is 2.50. The molecule has 1 aromatic heterocycles. The number of carbonyl (C=O) groups is 2. The highest BCUT2D eigenvalue weighted by atomic mass is 32.2. The number of nitrogens with zero attached hydrogens (tertiary/aromatic N) is 2. The van der Waals surface area contributed by atoms with Crippen LogP contribution in [0.5, 0.6) is 5.75 Å². The van der Waals surface area contributed by atoms with Gasteiger partial charge in [-0.3, -0.25) is 9.59 Å². The average Bonchev–Trinajstić information content (AvgIpc) is 3.04. The zero-order chi connectivity index (χ0) is 23.9. The van der Waals surface area contributed by atoms with Crippen molar-refractivity contribution in [3.8, 4) is 5.75 Å². The smallest absolute Gasteiger partial charge is 0.318 e. The Morgan fingerprint density at radius 2 is 1.91 bits per heavy atom. The Labute approximate surface area is 194 Å². The molecule has 32 heavy (non-hydrogen) atoms. The van der Waals surface area contributed by atoms with Gasteiger partial charge in [-0.25, -0.2) is 9.71 Å². The summed E-state index contributed by atoms with van der Waals surface area (Å²) in [5.41, 5.74) is 12.1. The van der Waals surface area contributed by atoms with E-state index in [9.17, 15) is 9.59 Å². The number of aromatic nitrogens is 1. The van der Waals surface area contributed by atoms with Gasteiger partial charge in [0.1, 0.15) is 23.1 Å². The molecule has 0 bridgehead atoms. The summed E-state index contributed by atoms with van der Waals surface area (Å²) in [4.78, 5) is 30.0. The van der Waals surface area contributed by atoms with E-state index in [0.29, 0.717) is 18.3 Å². The molecule has 1 aromatic carbocycles. The minimum atomic E-state index is -0.920. The summed E-state index contributed by atoms with van der Waals surface area (Å²) < 4.78 is 9.00. The molecule has 0 unspecified atom stereocenters. The first kappa shape index (κ1) is 27.0. The number of carboxylic acids is 1. The van der Waals surface area contributed by atoms with Gasteiger partial charge in [-0.05, 0) is 43.1 Å². The second-order valence-corrected chi connectivity index (χ2v) is 8.41. The van der Waals surface area contributed by atoms with Crippen LogP contribution in [0.15, 0.2) is 33.6 Å². The van der Waals surface area contributed by atoms with Crippen LogP contribution in [0, 0.1) is 13.8 Å². The summed E-state index contributed by atoms with van der Waals surface area (Å²) in [6, 6.07) is 7.88. The molecule has 7 N–H and O–H groups in total. The van der Waals surface area contributed by atoms with Crippen molar-refractivity contribution in [3.05, 3.63) is 35.5 Å². The minimum Gasteiger partial charge on any atom is -0.493 e. The molecule has 0 aliphatic rings. The van der Waals surface area contributed by atoms with E-state index in [1.54, 1.807) is 6.92 Å². The molecule has 13 heteroatoms. The molecule has 0 fully saturated rings. The SMILES string of the molecule is CC(=O)Nc1nc(C)c(SNCC(=O)O)s1.Cc1ccc(OCCCON=C(N)N)cc1. The third-order valence-corrected chi connectivity index (χ3v) is 5.40. The number of thiazole rings is 1. The van der Waals surface area contributed by atoms with Crippen molar-refractivity contribution in [1.29, 1.82) is 0 Å². The van der Waals surface area contributed by atoms with Crippen LogP contribution < -0.4 is 26.2 Å². The summed E-state index contributed by atoms with van der Waals surface area (Å²) in [6.07, 6.45) is 0.727. The predicted molar refractivity (Wildman–Crippen MR) is 126 cm³/mol. The molecule has 2 aromatic rings. The van der Waals surface area contributed by atoms with E-state index >= 15 is 0 Å². The van der Waals surface area contributed by atoms with E-state index < -0.39 is 5.97 Å².